The summed E-state index contributed by atoms with van der Waals surface area (Å²) in [6.45, 7) is 1.83. The fourth-order valence-corrected chi connectivity index (χ4v) is 2.87. The summed E-state index contributed by atoms with van der Waals surface area (Å²) in [6.07, 6.45) is 6.85. The van der Waals surface area contributed by atoms with Crippen LogP contribution in [-0.2, 0) is 0 Å². The molecule has 1 saturated heterocycles. The Morgan fingerprint density at radius 2 is 2.26 bits per heavy atom. The van der Waals surface area contributed by atoms with Crippen molar-refractivity contribution in [1.82, 2.24) is 24.9 Å². The Morgan fingerprint density at radius 3 is 3.13 bits per heavy atom. The number of hydrogen-bond acceptors (Lipinski definition) is 5. The van der Waals surface area contributed by atoms with Gasteiger partial charge in [-0.2, -0.15) is 5.10 Å². The van der Waals surface area contributed by atoms with Crippen molar-refractivity contribution in [3.8, 4) is 11.4 Å². The molecule has 3 aromatic heterocycles. The first-order valence-corrected chi connectivity index (χ1v) is 7.74. The van der Waals surface area contributed by atoms with Crippen LogP contribution in [0.2, 0.25) is 0 Å². The number of rotatable bonds is 3. The van der Waals surface area contributed by atoms with E-state index in [0.29, 0.717) is 5.82 Å². The SMILES string of the molecule is Fc1cnc(-c2cnn3ccccc23)nc1NC1CCCNC1. The molecule has 0 saturated carbocycles. The number of aromatic nitrogens is 4. The molecular formula is C16H17FN6. The number of nitrogens with one attached hydrogen (secondary N) is 2. The predicted octanol–water partition coefficient (Wildman–Crippen LogP) is 2.09. The molecule has 3 aromatic rings. The highest BCUT2D eigenvalue weighted by molar-refractivity contribution is 5.75. The van der Waals surface area contributed by atoms with Gasteiger partial charge in [0.05, 0.1) is 23.5 Å². The summed E-state index contributed by atoms with van der Waals surface area (Å²) in [6, 6.07) is 5.95. The van der Waals surface area contributed by atoms with Gasteiger partial charge in [0.1, 0.15) is 0 Å². The summed E-state index contributed by atoms with van der Waals surface area (Å²) >= 11 is 0. The van der Waals surface area contributed by atoms with Crippen LogP contribution in [0.15, 0.2) is 36.8 Å². The Labute approximate surface area is 132 Å². The van der Waals surface area contributed by atoms with Crippen LogP contribution in [0.25, 0.3) is 16.9 Å². The maximum atomic E-state index is 14.1. The summed E-state index contributed by atoms with van der Waals surface area (Å²) in [5, 5.41) is 10.8. The van der Waals surface area contributed by atoms with Crippen molar-refractivity contribution < 1.29 is 4.39 Å². The van der Waals surface area contributed by atoms with E-state index in [4.69, 9.17) is 0 Å². The highest BCUT2D eigenvalue weighted by atomic mass is 19.1. The minimum atomic E-state index is -0.434. The second kappa shape index (κ2) is 5.92. The van der Waals surface area contributed by atoms with Gasteiger partial charge in [0.2, 0.25) is 0 Å². The molecule has 0 spiro atoms. The molecule has 2 N–H and O–H groups in total. The summed E-state index contributed by atoms with van der Waals surface area (Å²) in [5.74, 6) is 0.286. The van der Waals surface area contributed by atoms with E-state index in [1.54, 1.807) is 10.7 Å². The molecule has 1 atom stereocenters. The van der Waals surface area contributed by atoms with Crippen LogP contribution in [0.1, 0.15) is 12.8 Å². The molecule has 1 aliphatic rings. The number of pyridine rings is 1. The van der Waals surface area contributed by atoms with E-state index in [-0.39, 0.29) is 11.9 Å². The fraction of sp³-hybridized carbons (Fsp3) is 0.312. The molecular weight excluding hydrogens is 295 g/mol. The van der Waals surface area contributed by atoms with Gasteiger partial charge >= 0.3 is 0 Å². The van der Waals surface area contributed by atoms with E-state index in [9.17, 15) is 4.39 Å². The summed E-state index contributed by atoms with van der Waals surface area (Å²) in [4.78, 5) is 8.51. The number of nitrogens with zero attached hydrogens (tertiary/aromatic N) is 4. The van der Waals surface area contributed by atoms with E-state index in [1.165, 1.54) is 6.20 Å². The Balaban J connectivity index is 1.68. The lowest BCUT2D eigenvalue weighted by Gasteiger charge is -2.24. The van der Waals surface area contributed by atoms with Gasteiger partial charge in [-0.1, -0.05) is 6.07 Å². The van der Waals surface area contributed by atoms with Crippen molar-refractivity contribution >= 4 is 11.3 Å². The quantitative estimate of drug-likeness (QED) is 0.775. The molecule has 118 valence electrons. The standard InChI is InChI=1S/C16H17FN6/c17-13-10-19-15(12-9-20-23-7-2-1-5-14(12)23)22-16(13)21-11-4-3-6-18-8-11/h1-2,5,7,9-11,18H,3-4,6,8H2,(H,19,21,22). The van der Waals surface area contributed by atoms with Gasteiger partial charge < -0.3 is 10.6 Å². The molecule has 0 aromatic carbocycles. The molecule has 0 bridgehead atoms. The largest absolute Gasteiger partial charge is 0.364 e. The van der Waals surface area contributed by atoms with Gasteiger partial charge in [0.25, 0.3) is 0 Å². The molecule has 6 nitrogen and oxygen atoms in total. The van der Waals surface area contributed by atoms with Crippen molar-refractivity contribution in [3.05, 3.63) is 42.6 Å². The summed E-state index contributed by atoms with van der Waals surface area (Å²) in [5.41, 5.74) is 1.68. The molecule has 0 radical (unpaired) electrons. The summed E-state index contributed by atoms with van der Waals surface area (Å²) in [7, 11) is 0. The number of halogens is 1. The van der Waals surface area contributed by atoms with Crippen LogP contribution in [0.4, 0.5) is 10.2 Å². The first-order valence-electron chi connectivity index (χ1n) is 7.74. The van der Waals surface area contributed by atoms with E-state index in [0.717, 1.165) is 37.0 Å². The molecule has 4 heterocycles. The van der Waals surface area contributed by atoms with Gasteiger partial charge in [-0.15, -0.1) is 0 Å². The van der Waals surface area contributed by atoms with Crippen LogP contribution in [-0.4, -0.2) is 38.7 Å². The highest BCUT2D eigenvalue weighted by Crippen LogP contribution is 2.23. The topological polar surface area (TPSA) is 67.1 Å². The van der Waals surface area contributed by atoms with E-state index < -0.39 is 5.82 Å². The maximum absolute atomic E-state index is 14.1. The zero-order chi connectivity index (χ0) is 15.6. The second-order valence-electron chi connectivity index (χ2n) is 5.67. The van der Waals surface area contributed by atoms with E-state index in [1.807, 2.05) is 24.4 Å². The Morgan fingerprint density at radius 1 is 1.30 bits per heavy atom. The first-order chi connectivity index (χ1) is 11.3. The van der Waals surface area contributed by atoms with Crippen molar-refractivity contribution in [2.45, 2.75) is 18.9 Å². The molecule has 7 heteroatoms. The number of hydrogen-bond donors (Lipinski definition) is 2. The zero-order valence-corrected chi connectivity index (χ0v) is 12.5. The fourth-order valence-electron chi connectivity index (χ4n) is 2.87. The minimum absolute atomic E-state index is 0.185. The average Bonchev–Trinajstić information content (AvgIpc) is 3.02. The van der Waals surface area contributed by atoms with Crippen LogP contribution in [0.3, 0.4) is 0 Å². The van der Waals surface area contributed by atoms with Crippen molar-refractivity contribution in [2.75, 3.05) is 18.4 Å². The van der Waals surface area contributed by atoms with Gasteiger partial charge in [-0.3, -0.25) is 0 Å². The molecule has 4 rings (SSSR count). The molecule has 1 aliphatic heterocycles. The first kappa shape index (κ1) is 14.1. The second-order valence-corrected chi connectivity index (χ2v) is 5.67. The third kappa shape index (κ3) is 2.75. The van der Waals surface area contributed by atoms with Crippen molar-refractivity contribution in [2.24, 2.45) is 0 Å². The van der Waals surface area contributed by atoms with Crippen molar-refractivity contribution in [1.29, 1.82) is 0 Å². The molecule has 0 aliphatic carbocycles. The van der Waals surface area contributed by atoms with Gasteiger partial charge in [0.15, 0.2) is 17.5 Å². The Bertz CT molecular complexity index is 824. The Kier molecular flexibility index (Phi) is 3.63. The monoisotopic (exact) mass is 312 g/mol. The average molecular weight is 312 g/mol. The lowest BCUT2D eigenvalue weighted by molar-refractivity contribution is 0.476. The van der Waals surface area contributed by atoms with Gasteiger partial charge in [-0.05, 0) is 31.5 Å². The Hall–Kier alpha value is -2.54. The number of fused-ring (bicyclic) bond motifs is 1. The van der Waals surface area contributed by atoms with Gasteiger partial charge in [0, 0.05) is 18.8 Å². The summed E-state index contributed by atoms with van der Waals surface area (Å²) < 4.78 is 15.8. The maximum Gasteiger partial charge on any atom is 0.183 e. The van der Waals surface area contributed by atoms with Crippen LogP contribution in [0.5, 0.6) is 0 Å². The van der Waals surface area contributed by atoms with Crippen LogP contribution < -0.4 is 10.6 Å². The van der Waals surface area contributed by atoms with Crippen molar-refractivity contribution in [3.63, 3.8) is 0 Å². The van der Waals surface area contributed by atoms with Crippen LogP contribution >= 0.6 is 0 Å². The third-order valence-corrected chi connectivity index (χ3v) is 4.05. The number of anilines is 1. The van der Waals surface area contributed by atoms with Crippen LogP contribution in [0, 0.1) is 5.82 Å². The van der Waals surface area contributed by atoms with E-state index >= 15 is 0 Å². The smallest absolute Gasteiger partial charge is 0.183 e. The minimum Gasteiger partial charge on any atom is -0.364 e. The van der Waals surface area contributed by atoms with E-state index in [2.05, 4.69) is 25.7 Å². The predicted molar refractivity (Wildman–Crippen MR) is 85.7 cm³/mol. The highest BCUT2D eigenvalue weighted by Gasteiger charge is 2.17. The lowest BCUT2D eigenvalue weighted by Crippen LogP contribution is -2.38. The molecule has 23 heavy (non-hydrogen) atoms. The number of piperidine rings is 1. The molecule has 1 unspecified atom stereocenters. The molecule has 1 fully saturated rings. The van der Waals surface area contributed by atoms with Gasteiger partial charge in [-0.25, -0.2) is 18.9 Å². The molecule has 0 amide bonds. The lowest BCUT2D eigenvalue weighted by atomic mass is 10.1. The normalized spacial score (nSPS) is 18.2. The third-order valence-electron chi connectivity index (χ3n) is 4.05. The zero-order valence-electron chi connectivity index (χ0n) is 12.5.